The molecule has 0 aliphatic rings. The number of alkyl halides is 3. The minimum absolute atomic E-state index is 0.218. The zero-order chi connectivity index (χ0) is 11.6. The van der Waals surface area contributed by atoms with E-state index in [2.05, 4.69) is 9.97 Å². The van der Waals surface area contributed by atoms with Crippen LogP contribution in [0.3, 0.4) is 0 Å². The monoisotopic (exact) mass is 219 g/mol. The Morgan fingerprint density at radius 3 is 2.47 bits per heavy atom. The van der Waals surface area contributed by atoms with Gasteiger partial charge >= 0.3 is 6.18 Å². The van der Waals surface area contributed by atoms with Gasteiger partial charge < -0.3 is 5.73 Å². The Labute approximate surface area is 85.5 Å². The molecule has 3 nitrogen and oxygen atoms in total. The fourth-order valence-electron chi connectivity index (χ4n) is 1.24. The maximum Gasteiger partial charge on any atom is 0.396 e. The molecule has 0 unspecified atom stereocenters. The van der Waals surface area contributed by atoms with Crippen LogP contribution in [-0.4, -0.2) is 16.1 Å². The van der Waals surface area contributed by atoms with Crippen molar-refractivity contribution < 1.29 is 13.2 Å². The van der Waals surface area contributed by atoms with Gasteiger partial charge in [0.1, 0.15) is 12.2 Å². The lowest BCUT2D eigenvalue weighted by Gasteiger charge is -2.10. The fourth-order valence-corrected chi connectivity index (χ4v) is 1.24. The molecule has 1 aromatic heterocycles. The lowest BCUT2D eigenvalue weighted by Crippen LogP contribution is -2.16. The SMILES string of the molecule is Cc1nc(CC(F)(F)F)ncc1[C@@H](C)N. The van der Waals surface area contributed by atoms with Crippen LogP contribution in [0.4, 0.5) is 13.2 Å². The Balaban J connectivity index is 2.92. The van der Waals surface area contributed by atoms with Crippen LogP contribution in [0.15, 0.2) is 6.20 Å². The molecule has 0 aliphatic carbocycles. The van der Waals surface area contributed by atoms with Crippen LogP contribution in [0.25, 0.3) is 0 Å². The van der Waals surface area contributed by atoms with Crippen LogP contribution in [-0.2, 0) is 6.42 Å². The molecule has 0 saturated carbocycles. The van der Waals surface area contributed by atoms with Crippen LogP contribution in [0.5, 0.6) is 0 Å². The average Bonchev–Trinajstić information content (AvgIpc) is 1.99. The summed E-state index contributed by atoms with van der Waals surface area (Å²) in [5.74, 6) is -0.218. The highest BCUT2D eigenvalue weighted by atomic mass is 19.4. The van der Waals surface area contributed by atoms with Gasteiger partial charge in [0, 0.05) is 23.5 Å². The third kappa shape index (κ3) is 3.47. The second kappa shape index (κ2) is 4.14. The molecule has 0 saturated heterocycles. The molecule has 6 heteroatoms. The third-order valence-electron chi connectivity index (χ3n) is 1.92. The van der Waals surface area contributed by atoms with E-state index in [-0.39, 0.29) is 11.9 Å². The van der Waals surface area contributed by atoms with Gasteiger partial charge in [-0.2, -0.15) is 13.2 Å². The first-order chi connectivity index (χ1) is 6.79. The molecule has 15 heavy (non-hydrogen) atoms. The van der Waals surface area contributed by atoms with Crippen molar-refractivity contribution in [3.05, 3.63) is 23.3 Å². The molecule has 0 fully saturated rings. The van der Waals surface area contributed by atoms with Crippen LogP contribution >= 0.6 is 0 Å². The van der Waals surface area contributed by atoms with Crippen molar-refractivity contribution in [3.8, 4) is 0 Å². The molecule has 2 N–H and O–H groups in total. The van der Waals surface area contributed by atoms with E-state index < -0.39 is 12.6 Å². The van der Waals surface area contributed by atoms with Crippen molar-refractivity contribution in [1.82, 2.24) is 9.97 Å². The van der Waals surface area contributed by atoms with E-state index in [4.69, 9.17) is 5.73 Å². The predicted molar refractivity (Wildman–Crippen MR) is 49.1 cm³/mol. The van der Waals surface area contributed by atoms with Crippen LogP contribution in [0, 0.1) is 6.92 Å². The van der Waals surface area contributed by atoms with Gasteiger partial charge in [0.05, 0.1) is 0 Å². The van der Waals surface area contributed by atoms with Gasteiger partial charge in [0.15, 0.2) is 0 Å². The van der Waals surface area contributed by atoms with Gasteiger partial charge in [-0.3, -0.25) is 0 Å². The molecule has 1 heterocycles. The lowest BCUT2D eigenvalue weighted by atomic mass is 10.1. The van der Waals surface area contributed by atoms with Gasteiger partial charge in [0.2, 0.25) is 0 Å². The van der Waals surface area contributed by atoms with Crippen LogP contribution in [0.2, 0.25) is 0 Å². The Morgan fingerprint density at radius 1 is 1.47 bits per heavy atom. The van der Waals surface area contributed by atoms with Crippen molar-refractivity contribution in [2.45, 2.75) is 32.5 Å². The third-order valence-corrected chi connectivity index (χ3v) is 1.92. The smallest absolute Gasteiger partial charge is 0.324 e. The average molecular weight is 219 g/mol. The molecule has 0 bridgehead atoms. The van der Waals surface area contributed by atoms with Gasteiger partial charge in [-0.1, -0.05) is 0 Å². The number of halogens is 3. The zero-order valence-corrected chi connectivity index (χ0v) is 8.47. The summed E-state index contributed by atoms with van der Waals surface area (Å²) in [6, 6.07) is -0.273. The highest BCUT2D eigenvalue weighted by Crippen LogP contribution is 2.20. The summed E-state index contributed by atoms with van der Waals surface area (Å²) in [4.78, 5) is 7.40. The van der Waals surface area contributed by atoms with Gasteiger partial charge in [-0.05, 0) is 13.8 Å². The molecule has 0 aliphatic heterocycles. The van der Waals surface area contributed by atoms with E-state index in [1.54, 1.807) is 13.8 Å². The first-order valence-corrected chi connectivity index (χ1v) is 4.44. The second-order valence-corrected chi connectivity index (χ2v) is 3.41. The zero-order valence-electron chi connectivity index (χ0n) is 8.47. The Kier molecular flexibility index (Phi) is 3.28. The van der Waals surface area contributed by atoms with Crippen molar-refractivity contribution >= 4 is 0 Å². The maximum absolute atomic E-state index is 12.0. The van der Waals surface area contributed by atoms with E-state index in [0.717, 1.165) is 0 Å². The van der Waals surface area contributed by atoms with Crippen LogP contribution in [0.1, 0.15) is 30.0 Å². The quantitative estimate of drug-likeness (QED) is 0.826. The summed E-state index contributed by atoms with van der Waals surface area (Å²) in [7, 11) is 0. The second-order valence-electron chi connectivity index (χ2n) is 3.41. The largest absolute Gasteiger partial charge is 0.396 e. The van der Waals surface area contributed by atoms with Gasteiger partial charge in [-0.25, -0.2) is 9.97 Å². The molecule has 0 radical (unpaired) electrons. The molecule has 0 amide bonds. The van der Waals surface area contributed by atoms with Crippen molar-refractivity contribution in [1.29, 1.82) is 0 Å². The summed E-state index contributed by atoms with van der Waals surface area (Å²) in [6.45, 7) is 3.36. The number of aryl methyl sites for hydroxylation is 1. The summed E-state index contributed by atoms with van der Waals surface area (Å²) >= 11 is 0. The first kappa shape index (κ1) is 11.9. The number of hydrogen-bond acceptors (Lipinski definition) is 3. The highest BCUT2D eigenvalue weighted by molar-refractivity contribution is 5.19. The topological polar surface area (TPSA) is 51.8 Å². The maximum atomic E-state index is 12.0. The first-order valence-electron chi connectivity index (χ1n) is 4.44. The van der Waals surface area contributed by atoms with E-state index in [0.29, 0.717) is 11.3 Å². The number of hydrogen-bond donors (Lipinski definition) is 1. The molecular formula is C9H12F3N3. The molecule has 84 valence electrons. The minimum Gasteiger partial charge on any atom is -0.324 e. The van der Waals surface area contributed by atoms with Crippen LogP contribution < -0.4 is 5.73 Å². The fraction of sp³-hybridized carbons (Fsp3) is 0.556. The normalized spacial score (nSPS) is 14.0. The summed E-state index contributed by atoms with van der Waals surface area (Å²) in [5.41, 5.74) is 6.76. The molecule has 1 atom stereocenters. The predicted octanol–water partition coefficient (Wildman–Crippen LogP) is 1.91. The number of nitrogens with two attached hydrogens (primary N) is 1. The Morgan fingerprint density at radius 2 is 2.07 bits per heavy atom. The van der Waals surface area contributed by atoms with E-state index in [1.165, 1.54) is 6.20 Å². The number of aromatic nitrogens is 2. The molecule has 1 aromatic rings. The van der Waals surface area contributed by atoms with Gasteiger partial charge in [0.25, 0.3) is 0 Å². The summed E-state index contributed by atoms with van der Waals surface area (Å²) in [6.07, 6.45) is -4.02. The van der Waals surface area contributed by atoms with E-state index in [1.807, 2.05) is 0 Å². The molecule has 1 rings (SSSR count). The van der Waals surface area contributed by atoms with Crippen molar-refractivity contribution in [2.75, 3.05) is 0 Å². The molecule has 0 spiro atoms. The standard InChI is InChI=1S/C9H12F3N3/c1-5(13)7-4-14-8(15-6(7)2)3-9(10,11)12/h4-5H,3,13H2,1-2H3/t5-/m1/s1. The highest BCUT2D eigenvalue weighted by Gasteiger charge is 2.29. The molecular weight excluding hydrogens is 207 g/mol. The number of nitrogens with zero attached hydrogens (tertiary/aromatic N) is 2. The van der Waals surface area contributed by atoms with E-state index in [9.17, 15) is 13.2 Å². The minimum atomic E-state index is -4.28. The Bertz CT molecular complexity index is 347. The van der Waals surface area contributed by atoms with Crippen molar-refractivity contribution in [2.24, 2.45) is 5.73 Å². The van der Waals surface area contributed by atoms with Crippen molar-refractivity contribution in [3.63, 3.8) is 0 Å². The molecule has 0 aromatic carbocycles. The van der Waals surface area contributed by atoms with E-state index >= 15 is 0 Å². The Hall–Kier alpha value is -1.17. The lowest BCUT2D eigenvalue weighted by molar-refractivity contribution is -0.128. The van der Waals surface area contributed by atoms with Gasteiger partial charge in [-0.15, -0.1) is 0 Å². The summed E-state index contributed by atoms with van der Waals surface area (Å²) < 4.78 is 36.1. The number of rotatable bonds is 2. The summed E-state index contributed by atoms with van der Waals surface area (Å²) in [5, 5.41) is 0.